The van der Waals surface area contributed by atoms with E-state index in [0.717, 1.165) is 25.7 Å². The third-order valence-corrected chi connectivity index (χ3v) is 5.50. The van der Waals surface area contributed by atoms with E-state index in [9.17, 15) is 0 Å². The van der Waals surface area contributed by atoms with Gasteiger partial charge in [-0.1, -0.05) is 6.92 Å². The SMILES string of the molecule is CCCNCc1cc(CN2CCCC(N(C)C)C2)c(C)s1. The van der Waals surface area contributed by atoms with Crippen LogP contribution in [-0.4, -0.2) is 49.6 Å². The van der Waals surface area contributed by atoms with Gasteiger partial charge in [0.25, 0.3) is 0 Å². The molecule has 4 heteroatoms. The van der Waals surface area contributed by atoms with E-state index in [1.807, 2.05) is 11.3 Å². The molecule has 21 heavy (non-hydrogen) atoms. The molecule has 0 saturated carbocycles. The average molecular weight is 310 g/mol. The fraction of sp³-hybridized carbons (Fsp3) is 0.765. The van der Waals surface area contributed by atoms with Crippen LogP contribution in [0.5, 0.6) is 0 Å². The number of likely N-dealkylation sites (tertiary alicyclic amines) is 1. The molecule has 0 aromatic carbocycles. The topological polar surface area (TPSA) is 18.5 Å². The third-order valence-electron chi connectivity index (χ3n) is 4.40. The molecular formula is C17H31N3S. The molecule has 2 rings (SSSR count). The molecule has 1 atom stereocenters. The fourth-order valence-electron chi connectivity index (χ4n) is 3.06. The van der Waals surface area contributed by atoms with Crippen molar-refractivity contribution in [2.24, 2.45) is 0 Å². The first-order valence-electron chi connectivity index (χ1n) is 8.27. The molecule has 0 amide bonds. The Hall–Kier alpha value is -0.420. The molecule has 1 aliphatic heterocycles. The van der Waals surface area contributed by atoms with Gasteiger partial charge in [0.1, 0.15) is 0 Å². The monoisotopic (exact) mass is 309 g/mol. The summed E-state index contributed by atoms with van der Waals surface area (Å²) in [6.45, 7) is 10.2. The van der Waals surface area contributed by atoms with Crippen molar-refractivity contribution in [3.05, 3.63) is 21.4 Å². The number of piperidine rings is 1. The molecule has 1 aliphatic rings. The number of thiophene rings is 1. The average Bonchev–Trinajstić information content (AvgIpc) is 2.80. The highest BCUT2D eigenvalue weighted by molar-refractivity contribution is 7.12. The second-order valence-electron chi connectivity index (χ2n) is 6.47. The van der Waals surface area contributed by atoms with Gasteiger partial charge in [0, 0.05) is 35.4 Å². The van der Waals surface area contributed by atoms with Crippen molar-refractivity contribution in [1.82, 2.24) is 15.1 Å². The summed E-state index contributed by atoms with van der Waals surface area (Å²) in [4.78, 5) is 7.99. The molecule has 1 unspecified atom stereocenters. The molecule has 0 radical (unpaired) electrons. The van der Waals surface area contributed by atoms with E-state index in [1.165, 1.54) is 47.7 Å². The van der Waals surface area contributed by atoms with Crippen LogP contribution in [-0.2, 0) is 13.1 Å². The minimum atomic E-state index is 0.725. The lowest BCUT2D eigenvalue weighted by Crippen LogP contribution is -2.44. The predicted molar refractivity (Wildman–Crippen MR) is 93.0 cm³/mol. The van der Waals surface area contributed by atoms with Gasteiger partial charge in [0.15, 0.2) is 0 Å². The van der Waals surface area contributed by atoms with Gasteiger partial charge in [-0.3, -0.25) is 4.90 Å². The van der Waals surface area contributed by atoms with Crippen LogP contribution >= 0.6 is 11.3 Å². The van der Waals surface area contributed by atoms with Gasteiger partial charge >= 0.3 is 0 Å². The van der Waals surface area contributed by atoms with E-state index in [4.69, 9.17) is 0 Å². The summed E-state index contributed by atoms with van der Waals surface area (Å²) >= 11 is 1.96. The normalized spacial score (nSPS) is 20.3. The first kappa shape index (κ1) is 16.9. The number of aryl methyl sites for hydroxylation is 1. The Labute approximate surface area is 134 Å². The van der Waals surface area contributed by atoms with Crippen molar-refractivity contribution in [3.8, 4) is 0 Å². The van der Waals surface area contributed by atoms with E-state index < -0.39 is 0 Å². The van der Waals surface area contributed by atoms with Gasteiger partial charge in [0.2, 0.25) is 0 Å². The molecule has 1 fully saturated rings. The summed E-state index contributed by atoms with van der Waals surface area (Å²) in [7, 11) is 4.42. The van der Waals surface area contributed by atoms with Crippen molar-refractivity contribution < 1.29 is 0 Å². The standard InChI is InChI=1S/C17H31N3S/c1-5-8-18-11-17-10-15(14(2)21-17)12-20-9-6-7-16(13-20)19(3)4/h10,16,18H,5-9,11-13H2,1-4H3. The van der Waals surface area contributed by atoms with E-state index in [-0.39, 0.29) is 0 Å². The Morgan fingerprint density at radius 3 is 2.95 bits per heavy atom. The number of rotatable bonds is 7. The number of hydrogen-bond donors (Lipinski definition) is 1. The lowest BCUT2D eigenvalue weighted by atomic mass is 10.0. The Balaban J connectivity index is 1.90. The summed E-state index contributed by atoms with van der Waals surface area (Å²) in [5.74, 6) is 0. The number of nitrogens with zero attached hydrogens (tertiary/aromatic N) is 2. The minimum Gasteiger partial charge on any atom is -0.312 e. The van der Waals surface area contributed by atoms with Crippen LogP contribution in [0.1, 0.15) is 41.5 Å². The summed E-state index contributed by atoms with van der Waals surface area (Å²) in [5, 5.41) is 3.51. The molecule has 0 bridgehead atoms. The largest absolute Gasteiger partial charge is 0.312 e. The Kier molecular flexibility index (Phi) is 6.68. The Bertz CT molecular complexity index is 428. The summed E-state index contributed by atoms with van der Waals surface area (Å²) in [5.41, 5.74) is 1.53. The lowest BCUT2D eigenvalue weighted by Gasteiger charge is -2.36. The Morgan fingerprint density at radius 2 is 2.24 bits per heavy atom. The molecule has 1 N–H and O–H groups in total. The summed E-state index contributed by atoms with van der Waals surface area (Å²) in [6, 6.07) is 3.14. The van der Waals surface area contributed by atoms with Crippen molar-refractivity contribution in [2.75, 3.05) is 33.7 Å². The smallest absolute Gasteiger partial charge is 0.0299 e. The summed E-state index contributed by atoms with van der Waals surface area (Å²) in [6.07, 6.45) is 3.88. The molecular weight excluding hydrogens is 278 g/mol. The van der Waals surface area contributed by atoms with Crippen molar-refractivity contribution >= 4 is 11.3 Å². The molecule has 1 aromatic heterocycles. The van der Waals surface area contributed by atoms with Crippen LogP contribution in [0, 0.1) is 6.92 Å². The highest BCUT2D eigenvalue weighted by Gasteiger charge is 2.22. The second-order valence-corrected chi connectivity index (χ2v) is 7.81. The lowest BCUT2D eigenvalue weighted by molar-refractivity contribution is 0.128. The molecule has 1 saturated heterocycles. The van der Waals surface area contributed by atoms with Gasteiger partial charge in [-0.2, -0.15) is 0 Å². The zero-order valence-corrected chi connectivity index (χ0v) is 14.9. The Morgan fingerprint density at radius 1 is 1.43 bits per heavy atom. The molecule has 1 aromatic rings. The molecule has 0 spiro atoms. The van der Waals surface area contributed by atoms with E-state index in [1.54, 1.807) is 0 Å². The van der Waals surface area contributed by atoms with Crippen molar-refractivity contribution in [1.29, 1.82) is 0 Å². The van der Waals surface area contributed by atoms with Gasteiger partial charge < -0.3 is 10.2 Å². The second kappa shape index (κ2) is 8.28. The highest BCUT2D eigenvalue weighted by Crippen LogP contribution is 2.24. The number of likely N-dealkylation sites (N-methyl/N-ethyl adjacent to an activating group) is 1. The van der Waals surface area contributed by atoms with Crippen molar-refractivity contribution in [2.45, 2.75) is 52.2 Å². The van der Waals surface area contributed by atoms with Crippen LogP contribution in [0.4, 0.5) is 0 Å². The van der Waals surface area contributed by atoms with Crippen LogP contribution in [0.25, 0.3) is 0 Å². The highest BCUT2D eigenvalue weighted by atomic mass is 32.1. The first-order valence-corrected chi connectivity index (χ1v) is 9.09. The maximum absolute atomic E-state index is 3.51. The fourth-order valence-corrected chi connectivity index (χ4v) is 4.08. The van der Waals surface area contributed by atoms with Crippen LogP contribution in [0.15, 0.2) is 6.07 Å². The van der Waals surface area contributed by atoms with Gasteiger partial charge in [-0.05, 0) is 65.0 Å². The van der Waals surface area contributed by atoms with Gasteiger partial charge in [-0.15, -0.1) is 11.3 Å². The summed E-state index contributed by atoms with van der Waals surface area (Å²) < 4.78 is 0. The van der Waals surface area contributed by atoms with Crippen LogP contribution in [0.3, 0.4) is 0 Å². The van der Waals surface area contributed by atoms with E-state index >= 15 is 0 Å². The molecule has 3 nitrogen and oxygen atoms in total. The number of nitrogens with one attached hydrogen (secondary N) is 1. The van der Waals surface area contributed by atoms with E-state index in [2.05, 4.69) is 49.1 Å². The first-order chi connectivity index (χ1) is 10.1. The van der Waals surface area contributed by atoms with Crippen molar-refractivity contribution in [3.63, 3.8) is 0 Å². The molecule has 120 valence electrons. The van der Waals surface area contributed by atoms with Gasteiger partial charge in [0.05, 0.1) is 0 Å². The third kappa shape index (κ3) is 5.06. The maximum Gasteiger partial charge on any atom is 0.0299 e. The zero-order chi connectivity index (χ0) is 15.2. The van der Waals surface area contributed by atoms with Crippen LogP contribution in [0.2, 0.25) is 0 Å². The predicted octanol–water partition coefficient (Wildman–Crippen LogP) is 3.08. The maximum atomic E-state index is 3.51. The van der Waals surface area contributed by atoms with Gasteiger partial charge in [-0.25, -0.2) is 0 Å². The minimum absolute atomic E-state index is 0.725. The quantitative estimate of drug-likeness (QED) is 0.781. The number of hydrogen-bond acceptors (Lipinski definition) is 4. The molecule has 2 heterocycles. The van der Waals surface area contributed by atoms with Crippen LogP contribution < -0.4 is 5.32 Å². The molecule has 0 aliphatic carbocycles. The van der Waals surface area contributed by atoms with E-state index in [0.29, 0.717) is 0 Å². The zero-order valence-electron chi connectivity index (χ0n) is 14.1.